The fourth-order valence-corrected chi connectivity index (χ4v) is 4.40. The first-order chi connectivity index (χ1) is 21.4. The van der Waals surface area contributed by atoms with Crippen molar-refractivity contribution in [2.75, 3.05) is 17.2 Å². The Morgan fingerprint density at radius 3 is 2.07 bits per heavy atom. The number of carbonyl (C=O) groups is 4. The van der Waals surface area contributed by atoms with Gasteiger partial charge >= 0.3 is 18.1 Å². The number of anilines is 2. The molecule has 4 aromatic rings. The van der Waals surface area contributed by atoms with Crippen LogP contribution in [0.25, 0.3) is 11.1 Å². The summed E-state index contributed by atoms with van der Waals surface area (Å²) >= 11 is 0. The second kappa shape index (κ2) is 16.1. The van der Waals surface area contributed by atoms with Crippen LogP contribution in [0.1, 0.15) is 24.0 Å². The number of carboxylic acids is 1. The lowest BCUT2D eigenvalue weighted by Crippen LogP contribution is -2.46. The van der Waals surface area contributed by atoms with E-state index in [1.165, 1.54) is 0 Å². The smallest absolute Gasteiger partial charge is 0.407 e. The monoisotopic (exact) mass is 594 g/mol. The molecule has 0 aromatic heterocycles. The highest BCUT2D eigenvalue weighted by Gasteiger charge is 2.21. The average Bonchev–Trinajstić information content (AvgIpc) is 3.02. The maximum atomic E-state index is 13.2. The van der Waals surface area contributed by atoms with Gasteiger partial charge in [0.15, 0.2) is 0 Å². The third kappa shape index (κ3) is 10.3. The van der Waals surface area contributed by atoms with Crippen LogP contribution in [-0.4, -0.2) is 41.7 Å². The SMILES string of the molecule is O=C(O)Cc1cccc(NC(=O)[C@H](CCCNC(=O)OCc2ccccc2)NC(=O)Nc2ccc(-c3ccccc3)cc2)c1. The molecule has 0 spiro atoms. The van der Waals surface area contributed by atoms with Crippen molar-refractivity contribution < 1.29 is 29.0 Å². The van der Waals surface area contributed by atoms with Gasteiger partial charge in [0.05, 0.1) is 6.42 Å². The van der Waals surface area contributed by atoms with E-state index in [-0.39, 0.29) is 26.0 Å². The molecule has 10 nitrogen and oxygen atoms in total. The van der Waals surface area contributed by atoms with Crippen molar-refractivity contribution in [1.29, 1.82) is 0 Å². The molecule has 0 saturated heterocycles. The normalized spacial score (nSPS) is 11.1. The van der Waals surface area contributed by atoms with Crippen molar-refractivity contribution in [3.63, 3.8) is 0 Å². The zero-order chi connectivity index (χ0) is 31.1. The van der Waals surface area contributed by atoms with Gasteiger partial charge in [-0.15, -0.1) is 0 Å². The minimum absolute atomic E-state index is 0.132. The summed E-state index contributed by atoms with van der Waals surface area (Å²) in [7, 11) is 0. The number of benzene rings is 4. The maximum absolute atomic E-state index is 13.2. The lowest BCUT2D eigenvalue weighted by Gasteiger charge is -2.19. The molecule has 10 heteroatoms. The highest BCUT2D eigenvalue weighted by atomic mass is 16.5. The van der Waals surface area contributed by atoms with Crippen LogP contribution in [-0.2, 0) is 27.4 Å². The number of carbonyl (C=O) groups excluding carboxylic acids is 3. The van der Waals surface area contributed by atoms with E-state index in [0.29, 0.717) is 23.4 Å². The molecule has 0 fully saturated rings. The molecule has 4 amide bonds. The molecule has 0 unspecified atom stereocenters. The van der Waals surface area contributed by atoms with E-state index in [1.807, 2.05) is 72.8 Å². The molecule has 1 atom stereocenters. The molecular formula is C34H34N4O6. The summed E-state index contributed by atoms with van der Waals surface area (Å²) in [5.41, 5.74) is 4.37. The molecule has 4 rings (SSSR count). The van der Waals surface area contributed by atoms with Crippen molar-refractivity contribution in [2.24, 2.45) is 0 Å². The first kappa shape index (κ1) is 31.3. The van der Waals surface area contributed by atoms with Gasteiger partial charge in [0.25, 0.3) is 0 Å². The van der Waals surface area contributed by atoms with Crippen LogP contribution >= 0.6 is 0 Å². The number of ether oxygens (including phenoxy) is 1. The zero-order valence-electron chi connectivity index (χ0n) is 24.0. The Kier molecular flexibility index (Phi) is 11.5. The predicted octanol–water partition coefficient (Wildman–Crippen LogP) is 5.82. The van der Waals surface area contributed by atoms with Crippen molar-refractivity contribution in [3.05, 3.63) is 120 Å². The molecule has 0 radical (unpaired) electrons. The second-order valence-electron chi connectivity index (χ2n) is 9.99. The fraction of sp³-hybridized carbons (Fsp3) is 0.176. The molecule has 0 aliphatic heterocycles. The molecule has 5 N–H and O–H groups in total. The highest BCUT2D eigenvalue weighted by molar-refractivity contribution is 5.99. The Hall–Kier alpha value is -5.64. The summed E-state index contributed by atoms with van der Waals surface area (Å²) in [5.74, 6) is -1.48. The highest BCUT2D eigenvalue weighted by Crippen LogP contribution is 2.21. The summed E-state index contributed by atoms with van der Waals surface area (Å²) < 4.78 is 5.22. The van der Waals surface area contributed by atoms with E-state index in [0.717, 1.165) is 16.7 Å². The van der Waals surface area contributed by atoms with Crippen LogP contribution in [0.2, 0.25) is 0 Å². The minimum atomic E-state index is -0.990. The standard InChI is InChI=1S/C34H34N4O6/c39-31(40)22-25-11-7-14-29(21-25)36-32(41)30(15-8-20-35-34(43)44-23-24-9-3-1-4-10-24)38-33(42)37-28-18-16-27(17-19-28)26-12-5-2-6-13-26/h1-7,9-14,16-19,21,30H,8,15,20,22-23H2,(H,35,43)(H,36,41)(H,39,40)(H2,37,38,42)/t30-/m0/s1. The van der Waals surface area contributed by atoms with Gasteiger partial charge in [-0.3, -0.25) is 9.59 Å². The summed E-state index contributed by atoms with van der Waals surface area (Å²) in [4.78, 5) is 49.4. The maximum Gasteiger partial charge on any atom is 0.407 e. The van der Waals surface area contributed by atoms with Gasteiger partial charge in [0.2, 0.25) is 5.91 Å². The number of hydrogen-bond donors (Lipinski definition) is 5. The van der Waals surface area contributed by atoms with Crippen molar-refractivity contribution in [3.8, 4) is 11.1 Å². The summed E-state index contributed by atoms with van der Waals surface area (Å²) in [6.45, 7) is 0.350. The van der Waals surface area contributed by atoms with Gasteiger partial charge in [-0.2, -0.15) is 0 Å². The number of urea groups is 1. The van der Waals surface area contributed by atoms with Crippen LogP contribution in [0.15, 0.2) is 109 Å². The number of hydrogen-bond acceptors (Lipinski definition) is 5. The van der Waals surface area contributed by atoms with Gasteiger partial charge in [-0.1, -0.05) is 84.9 Å². The lowest BCUT2D eigenvalue weighted by molar-refractivity contribution is -0.136. The number of carboxylic acid groups (broad SMARTS) is 1. The number of nitrogens with one attached hydrogen (secondary N) is 4. The third-order valence-electron chi connectivity index (χ3n) is 6.57. The Bertz CT molecular complexity index is 1550. The zero-order valence-corrected chi connectivity index (χ0v) is 24.0. The molecule has 0 aliphatic rings. The van der Waals surface area contributed by atoms with E-state index < -0.39 is 30.0 Å². The quantitative estimate of drug-likeness (QED) is 0.123. The summed E-state index contributed by atoms with van der Waals surface area (Å²) in [5, 5.41) is 20.0. The molecule has 0 bridgehead atoms. The fourth-order valence-electron chi connectivity index (χ4n) is 4.40. The molecule has 44 heavy (non-hydrogen) atoms. The van der Waals surface area contributed by atoms with E-state index in [1.54, 1.807) is 36.4 Å². The van der Waals surface area contributed by atoms with Crippen LogP contribution in [0.5, 0.6) is 0 Å². The van der Waals surface area contributed by atoms with E-state index >= 15 is 0 Å². The van der Waals surface area contributed by atoms with Crippen molar-refractivity contribution in [1.82, 2.24) is 10.6 Å². The molecule has 0 saturated carbocycles. The average molecular weight is 595 g/mol. The molecular weight excluding hydrogens is 560 g/mol. The van der Waals surface area contributed by atoms with E-state index in [2.05, 4.69) is 21.3 Å². The Balaban J connectivity index is 1.34. The topological polar surface area (TPSA) is 146 Å². The Labute approximate surface area is 255 Å². The second-order valence-corrected chi connectivity index (χ2v) is 9.99. The van der Waals surface area contributed by atoms with Crippen LogP contribution in [0.4, 0.5) is 21.0 Å². The largest absolute Gasteiger partial charge is 0.481 e. The van der Waals surface area contributed by atoms with Crippen molar-refractivity contribution in [2.45, 2.75) is 31.9 Å². The number of amides is 4. The number of aliphatic carboxylic acids is 1. The van der Waals surface area contributed by atoms with E-state index in [4.69, 9.17) is 9.84 Å². The Morgan fingerprint density at radius 2 is 1.36 bits per heavy atom. The summed E-state index contributed by atoms with van der Waals surface area (Å²) in [6.07, 6.45) is -0.207. The van der Waals surface area contributed by atoms with Crippen molar-refractivity contribution >= 4 is 35.4 Å². The third-order valence-corrected chi connectivity index (χ3v) is 6.57. The molecule has 0 heterocycles. The summed E-state index contributed by atoms with van der Waals surface area (Å²) in [6, 6.07) is 31.4. The molecule has 226 valence electrons. The van der Waals surface area contributed by atoms with E-state index in [9.17, 15) is 19.2 Å². The van der Waals surface area contributed by atoms with Gasteiger partial charge in [0.1, 0.15) is 12.6 Å². The Morgan fingerprint density at radius 1 is 0.705 bits per heavy atom. The van der Waals surface area contributed by atoms with Gasteiger partial charge in [-0.05, 0) is 59.4 Å². The van der Waals surface area contributed by atoms with Crippen LogP contribution < -0.4 is 21.3 Å². The minimum Gasteiger partial charge on any atom is -0.481 e. The molecule has 4 aromatic carbocycles. The van der Waals surface area contributed by atoms with Gasteiger partial charge < -0.3 is 31.1 Å². The van der Waals surface area contributed by atoms with Crippen LogP contribution in [0, 0.1) is 0 Å². The predicted molar refractivity (Wildman–Crippen MR) is 168 cm³/mol. The number of rotatable bonds is 13. The first-order valence-electron chi connectivity index (χ1n) is 14.1. The van der Waals surface area contributed by atoms with Gasteiger partial charge in [-0.25, -0.2) is 9.59 Å². The van der Waals surface area contributed by atoms with Crippen LogP contribution in [0.3, 0.4) is 0 Å². The van der Waals surface area contributed by atoms with Gasteiger partial charge in [0, 0.05) is 17.9 Å². The molecule has 0 aliphatic carbocycles. The number of alkyl carbamates (subject to hydrolysis) is 1. The first-order valence-corrected chi connectivity index (χ1v) is 14.1. The lowest BCUT2D eigenvalue weighted by atomic mass is 10.1.